The fraction of sp³-hybridized carbons (Fsp3) is 0.400. The van der Waals surface area contributed by atoms with Gasteiger partial charge in [-0.1, -0.05) is 19.1 Å². The van der Waals surface area contributed by atoms with Gasteiger partial charge in [-0.05, 0) is 37.0 Å². The fourth-order valence-electron chi connectivity index (χ4n) is 2.05. The van der Waals surface area contributed by atoms with Crippen molar-refractivity contribution in [3.8, 4) is 0 Å². The van der Waals surface area contributed by atoms with Crippen molar-refractivity contribution in [1.29, 1.82) is 0 Å². The molecule has 0 saturated carbocycles. The third-order valence-corrected chi connectivity index (χ3v) is 4.04. The summed E-state index contributed by atoms with van der Waals surface area (Å²) in [6.07, 6.45) is 2.87. The Balaban J connectivity index is 2.01. The van der Waals surface area contributed by atoms with Crippen molar-refractivity contribution >= 4 is 28.6 Å². The summed E-state index contributed by atoms with van der Waals surface area (Å²) in [6.45, 7) is 4.21. The number of carbonyl (C=O) groups is 1. The Kier molecular flexibility index (Phi) is 4.91. The average molecular weight is 276 g/mol. The second kappa shape index (κ2) is 6.66. The van der Waals surface area contributed by atoms with E-state index in [1.807, 2.05) is 42.2 Å². The number of carbonyl (C=O) groups excluding carboxylic acids is 1. The topological polar surface area (TPSA) is 44.9 Å². The van der Waals surface area contributed by atoms with E-state index in [0.717, 1.165) is 34.4 Å². The lowest BCUT2D eigenvalue weighted by atomic mass is 10.1. The van der Waals surface area contributed by atoms with E-state index in [1.165, 1.54) is 0 Å². The Hall–Kier alpha value is -1.42. The number of nitrogens with one attached hydrogen (secondary N) is 2. The number of rotatable bonds is 6. The van der Waals surface area contributed by atoms with Crippen molar-refractivity contribution in [3.63, 3.8) is 0 Å². The van der Waals surface area contributed by atoms with Gasteiger partial charge in [0.25, 0.3) is 5.91 Å². The lowest BCUT2D eigenvalue weighted by Gasteiger charge is -2.13. The smallest absolute Gasteiger partial charge is 0.253 e. The van der Waals surface area contributed by atoms with Crippen LogP contribution >= 0.6 is 11.8 Å². The molecule has 2 N–H and O–H groups in total. The maximum atomic E-state index is 12.3. The third-order valence-electron chi connectivity index (χ3n) is 3.11. The standard InChI is InChI=1S/C15H20N2OS/c1-3-19-10-8-11(2)17-15(18)13-6-4-5-12-7-9-16-14(12)13/h4-7,9,11,16H,3,8,10H2,1-2H3,(H,17,18). The maximum absolute atomic E-state index is 12.3. The van der Waals surface area contributed by atoms with E-state index in [4.69, 9.17) is 0 Å². The minimum atomic E-state index is 0.00190. The molecule has 1 heterocycles. The number of hydrogen-bond acceptors (Lipinski definition) is 2. The van der Waals surface area contributed by atoms with Gasteiger partial charge in [0.1, 0.15) is 0 Å². The first-order valence-corrected chi connectivity index (χ1v) is 7.82. The van der Waals surface area contributed by atoms with Gasteiger partial charge in [0.2, 0.25) is 0 Å². The summed E-state index contributed by atoms with van der Waals surface area (Å²) in [4.78, 5) is 15.4. The van der Waals surface area contributed by atoms with E-state index in [-0.39, 0.29) is 11.9 Å². The summed E-state index contributed by atoms with van der Waals surface area (Å²) in [5.74, 6) is 2.22. The van der Waals surface area contributed by atoms with Gasteiger partial charge in [-0.2, -0.15) is 11.8 Å². The second-order valence-corrected chi connectivity index (χ2v) is 6.00. The highest BCUT2D eigenvalue weighted by Gasteiger charge is 2.12. The summed E-state index contributed by atoms with van der Waals surface area (Å²) in [6, 6.07) is 7.97. The van der Waals surface area contributed by atoms with Crippen molar-refractivity contribution in [2.75, 3.05) is 11.5 Å². The Bertz CT molecular complexity index is 550. The maximum Gasteiger partial charge on any atom is 0.253 e. The van der Waals surface area contributed by atoms with Crippen molar-refractivity contribution in [1.82, 2.24) is 10.3 Å². The molecular formula is C15H20N2OS. The Morgan fingerprint density at radius 3 is 3.05 bits per heavy atom. The van der Waals surface area contributed by atoms with Gasteiger partial charge in [0.05, 0.1) is 11.1 Å². The minimum Gasteiger partial charge on any atom is -0.361 e. The minimum absolute atomic E-state index is 0.00190. The lowest BCUT2D eigenvalue weighted by molar-refractivity contribution is 0.0941. The van der Waals surface area contributed by atoms with Crippen LogP contribution in [-0.4, -0.2) is 28.4 Å². The van der Waals surface area contributed by atoms with Gasteiger partial charge in [-0.3, -0.25) is 4.79 Å². The van der Waals surface area contributed by atoms with Gasteiger partial charge in [-0.25, -0.2) is 0 Å². The number of hydrogen-bond donors (Lipinski definition) is 2. The lowest BCUT2D eigenvalue weighted by Crippen LogP contribution is -2.33. The monoisotopic (exact) mass is 276 g/mol. The molecular weight excluding hydrogens is 256 g/mol. The predicted molar refractivity (Wildman–Crippen MR) is 82.8 cm³/mol. The molecule has 0 aliphatic heterocycles. The number of para-hydroxylation sites is 1. The number of H-pyrrole nitrogens is 1. The molecule has 2 aromatic rings. The summed E-state index contributed by atoms with van der Waals surface area (Å²) in [7, 11) is 0. The molecule has 1 aromatic carbocycles. The molecule has 0 aliphatic carbocycles. The molecule has 19 heavy (non-hydrogen) atoms. The van der Waals surface area contributed by atoms with Crippen LogP contribution in [0.3, 0.4) is 0 Å². The molecule has 1 atom stereocenters. The predicted octanol–water partition coefficient (Wildman–Crippen LogP) is 3.43. The molecule has 1 unspecified atom stereocenters. The van der Waals surface area contributed by atoms with Gasteiger partial charge in [-0.15, -0.1) is 0 Å². The molecule has 0 fully saturated rings. The summed E-state index contributed by atoms with van der Waals surface area (Å²) < 4.78 is 0. The van der Waals surface area contributed by atoms with Crippen LogP contribution in [0.25, 0.3) is 10.9 Å². The fourth-order valence-corrected chi connectivity index (χ4v) is 2.86. The highest BCUT2D eigenvalue weighted by Crippen LogP contribution is 2.17. The third kappa shape index (κ3) is 3.53. The van der Waals surface area contributed by atoms with Gasteiger partial charge in [0.15, 0.2) is 0 Å². The molecule has 3 nitrogen and oxygen atoms in total. The normalized spacial score (nSPS) is 12.5. The number of thioether (sulfide) groups is 1. The number of aromatic amines is 1. The zero-order valence-corrected chi connectivity index (χ0v) is 12.2. The summed E-state index contributed by atoms with van der Waals surface area (Å²) in [5.41, 5.74) is 1.63. The number of fused-ring (bicyclic) bond motifs is 1. The number of aromatic nitrogens is 1. The van der Waals surface area contributed by atoms with E-state index < -0.39 is 0 Å². The highest BCUT2D eigenvalue weighted by molar-refractivity contribution is 7.99. The Morgan fingerprint density at radius 2 is 2.26 bits per heavy atom. The molecule has 0 aliphatic rings. The largest absolute Gasteiger partial charge is 0.361 e. The van der Waals surface area contributed by atoms with E-state index in [2.05, 4.69) is 24.1 Å². The molecule has 0 radical (unpaired) electrons. The Labute approximate surface area is 118 Å². The first-order valence-electron chi connectivity index (χ1n) is 6.67. The first kappa shape index (κ1) is 14.0. The van der Waals surface area contributed by atoms with E-state index in [1.54, 1.807) is 0 Å². The van der Waals surface area contributed by atoms with Crippen LogP contribution in [0.4, 0.5) is 0 Å². The molecule has 0 saturated heterocycles. The molecule has 0 spiro atoms. The van der Waals surface area contributed by atoms with Crippen LogP contribution in [0.2, 0.25) is 0 Å². The molecule has 2 rings (SSSR count). The highest BCUT2D eigenvalue weighted by atomic mass is 32.2. The quantitative estimate of drug-likeness (QED) is 0.794. The van der Waals surface area contributed by atoms with Crippen molar-refractivity contribution in [3.05, 3.63) is 36.0 Å². The van der Waals surface area contributed by atoms with Crippen LogP contribution in [0, 0.1) is 0 Å². The number of benzene rings is 1. The van der Waals surface area contributed by atoms with Crippen LogP contribution < -0.4 is 5.32 Å². The second-order valence-electron chi connectivity index (χ2n) is 4.61. The van der Waals surface area contributed by atoms with Gasteiger partial charge < -0.3 is 10.3 Å². The zero-order chi connectivity index (χ0) is 13.7. The van der Waals surface area contributed by atoms with E-state index in [9.17, 15) is 4.79 Å². The van der Waals surface area contributed by atoms with Crippen molar-refractivity contribution in [2.24, 2.45) is 0 Å². The molecule has 1 aromatic heterocycles. The Morgan fingerprint density at radius 1 is 1.42 bits per heavy atom. The first-order chi connectivity index (χ1) is 9.22. The average Bonchev–Trinajstić information content (AvgIpc) is 2.86. The number of amides is 1. The van der Waals surface area contributed by atoms with Crippen molar-refractivity contribution < 1.29 is 4.79 Å². The molecule has 0 bridgehead atoms. The van der Waals surface area contributed by atoms with Crippen LogP contribution in [0.5, 0.6) is 0 Å². The SMILES string of the molecule is CCSCCC(C)NC(=O)c1cccc2cc[nH]c12. The van der Waals surface area contributed by atoms with Gasteiger partial charge in [0, 0.05) is 17.6 Å². The van der Waals surface area contributed by atoms with Gasteiger partial charge >= 0.3 is 0 Å². The summed E-state index contributed by atoms with van der Waals surface area (Å²) in [5, 5.41) is 4.14. The summed E-state index contributed by atoms with van der Waals surface area (Å²) >= 11 is 1.91. The van der Waals surface area contributed by atoms with Crippen LogP contribution in [-0.2, 0) is 0 Å². The van der Waals surface area contributed by atoms with Crippen LogP contribution in [0.15, 0.2) is 30.5 Å². The zero-order valence-electron chi connectivity index (χ0n) is 11.4. The van der Waals surface area contributed by atoms with Crippen molar-refractivity contribution in [2.45, 2.75) is 26.3 Å². The van der Waals surface area contributed by atoms with E-state index in [0.29, 0.717) is 0 Å². The molecule has 1 amide bonds. The van der Waals surface area contributed by atoms with E-state index >= 15 is 0 Å². The van der Waals surface area contributed by atoms with Crippen LogP contribution in [0.1, 0.15) is 30.6 Å². The molecule has 4 heteroatoms. The molecule has 102 valence electrons.